The van der Waals surface area contributed by atoms with Gasteiger partial charge in [0.1, 0.15) is 5.65 Å². The summed E-state index contributed by atoms with van der Waals surface area (Å²) in [6.45, 7) is 2.07. The van der Waals surface area contributed by atoms with Gasteiger partial charge in [-0.1, -0.05) is 23.7 Å². The maximum atomic E-state index is 6.17. The van der Waals surface area contributed by atoms with Gasteiger partial charge in [-0.15, -0.1) is 11.8 Å². The quantitative estimate of drug-likeness (QED) is 0.583. The molecule has 0 aliphatic carbocycles. The Hall–Kier alpha value is -1.65. The monoisotopic (exact) mass is 303 g/mol. The normalized spacial score (nSPS) is 11.1. The molecule has 2 aromatic heterocycles. The van der Waals surface area contributed by atoms with E-state index in [2.05, 4.69) is 24.2 Å². The van der Waals surface area contributed by atoms with Crippen molar-refractivity contribution in [3.8, 4) is 0 Å². The number of aryl methyl sites for hydroxylation is 1. The van der Waals surface area contributed by atoms with Crippen LogP contribution in [0.4, 0.5) is 5.69 Å². The fourth-order valence-electron chi connectivity index (χ4n) is 2.05. The van der Waals surface area contributed by atoms with E-state index in [1.165, 1.54) is 5.56 Å². The van der Waals surface area contributed by atoms with Gasteiger partial charge in [0.2, 0.25) is 0 Å². The molecule has 0 atom stereocenters. The molecule has 0 aliphatic rings. The van der Waals surface area contributed by atoms with Crippen molar-refractivity contribution >= 4 is 34.7 Å². The largest absolute Gasteiger partial charge is 0.398 e. The van der Waals surface area contributed by atoms with Gasteiger partial charge in [-0.05, 0) is 30.7 Å². The SMILES string of the molecule is Cc1ccc2nc(CSc3c(N)cccc3Cl)cn2c1. The number of aromatic nitrogens is 2. The second-order valence-electron chi connectivity index (χ2n) is 4.65. The van der Waals surface area contributed by atoms with E-state index in [9.17, 15) is 0 Å². The van der Waals surface area contributed by atoms with Crippen molar-refractivity contribution in [1.82, 2.24) is 9.38 Å². The minimum absolute atomic E-state index is 0.689. The molecule has 0 saturated heterocycles. The molecule has 0 bridgehead atoms. The van der Waals surface area contributed by atoms with Crippen molar-refractivity contribution in [3.05, 3.63) is 59.0 Å². The number of nitrogen functional groups attached to an aromatic ring is 1. The van der Waals surface area contributed by atoms with Crippen LogP contribution in [0.15, 0.2) is 47.6 Å². The summed E-state index contributed by atoms with van der Waals surface area (Å²) >= 11 is 7.78. The number of nitrogens with zero attached hydrogens (tertiary/aromatic N) is 2. The number of benzene rings is 1. The Balaban J connectivity index is 1.83. The predicted octanol–water partition coefficient (Wildman–Crippen LogP) is 4.17. The molecule has 2 heterocycles. The van der Waals surface area contributed by atoms with Crippen LogP contribution in [0.2, 0.25) is 5.02 Å². The molecule has 2 N–H and O–H groups in total. The van der Waals surface area contributed by atoms with Crippen molar-refractivity contribution in [1.29, 1.82) is 0 Å². The third-order valence-corrected chi connectivity index (χ3v) is 4.62. The summed E-state index contributed by atoms with van der Waals surface area (Å²) in [5.41, 5.74) is 9.84. The van der Waals surface area contributed by atoms with E-state index in [1.807, 2.05) is 34.9 Å². The zero-order valence-electron chi connectivity index (χ0n) is 11.0. The van der Waals surface area contributed by atoms with Crippen LogP contribution in [-0.4, -0.2) is 9.38 Å². The summed E-state index contributed by atoms with van der Waals surface area (Å²) in [7, 11) is 0. The number of pyridine rings is 1. The molecule has 20 heavy (non-hydrogen) atoms. The van der Waals surface area contributed by atoms with Gasteiger partial charge in [0.25, 0.3) is 0 Å². The molecule has 102 valence electrons. The first-order valence-corrected chi connectivity index (χ1v) is 7.61. The molecule has 0 unspecified atom stereocenters. The number of hydrogen-bond acceptors (Lipinski definition) is 3. The van der Waals surface area contributed by atoms with Gasteiger partial charge in [0.05, 0.1) is 10.7 Å². The van der Waals surface area contributed by atoms with E-state index in [4.69, 9.17) is 17.3 Å². The van der Waals surface area contributed by atoms with Crippen molar-refractivity contribution in [3.63, 3.8) is 0 Å². The van der Waals surface area contributed by atoms with E-state index >= 15 is 0 Å². The third-order valence-electron chi connectivity index (χ3n) is 3.01. The van der Waals surface area contributed by atoms with Crippen molar-refractivity contribution in [2.24, 2.45) is 0 Å². The topological polar surface area (TPSA) is 43.3 Å². The average molecular weight is 304 g/mol. The molecule has 1 aromatic carbocycles. The van der Waals surface area contributed by atoms with Gasteiger partial charge in [-0.2, -0.15) is 0 Å². The van der Waals surface area contributed by atoms with Crippen LogP contribution >= 0.6 is 23.4 Å². The van der Waals surface area contributed by atoms with Crippen LogP contribution in [0, 0.1) is 6.92 Å². The Bertz CT molecular complexity index is 747. The molecule has 0 amide bonds. The third kappa shape index (κ3) is 2.62. The van der Waals surface area contributed by atoms with E-state index in [0.717, 1.165) is 22.0 Å². The van der Waals surface area contributed by atoms with Gasteiger partial charge in [-0.25, -0.2) is 4.98 Å². The Morgan fingerprint density at radius 3 is 2.90 bits per heavy atom. The van der Waals surface area contributed by atoms with Gasteiger partial charge in [0, 0.05) is 28.7 Å². The Labute approximate surface area is 126 Å². The molecule has 0 aliphatic heterocycles. The van der Waals surface area contributed by atoms with Crippen LogP contribution in [-0.2, 0) is 5.75 Å². The maximum absolute atomic E-state index is 6.17. The lowest BCUT2D eigenvalue weighted by Crippen LogP contribution is -1.89. The number of hydrogen-bond donors (Lipinski definition) is 1. The molecule has 0 saturated carbocycles. The minimum atomic E-state index is 0.689. The summed E-state index contributed by atoms with van der Waals surface area (Å²) in [4.78, 5) is 5.51. The summed E-state index contributed by atoms with van der Waals surface area (Å²) in [6, 6.07) is 9.66. The minimum Gasteiger partial charge on any atom is -0.398 e. The summed E-state index contributed by atoms with van der Waals surface area (Å²) in [6.07, 6.45) is 4.11. The van der Waals surface area contributed by atoms with Crippen molar-refractivity contribution in [2.75, 3.05) is 5.73 Å². The molecule has 0 radical (unpaired) electrons. The lowest BCUT2D eigenvalue weighted by Gasteiger charge is -2.05. The average Bonchev–Trinajstić information content (AvgIpc) is 2.80. The summed E-state index contributed by atoms with van der Waals surface area (Å²) in [5, 5.41) is 0.689. The highest BCUT2D eigenvalue weighted by molar-refractivity contribution is 7.98. The molecule has 0 fully saturated rings. The molecule has 3 aromatic rings. The molecule has 3 nitrogen and oxygen atoms in total. The fourth-order valence-corrected chi connectivity index (χ4v) is 3.27. The number of anilines is 1. The van der Waals surface area contributed by atoms with E-state index in [0.29, 0.717) is 10.7 Å². The lowest BCUT2D eigenvalue weighted by atomic mass is 10.3. The number of rotatable bonds is 3. The Kier molecular flexibility index (Phi) is 3.59. The molecular weight excluding hydrogens is 290 g/mol. The second-order valence-corrected chi connectivity index (χ2v) is 6.04. The molecule has 3 rings (SSSR count). The van der Waals surface area contributed by atoms with Crippen LogP contribution in [0.5, 0.6) is 0 Å². The van der Waals surface area contributed by atoms with Gasteiger partial charge in [-0.3, -0.25) is 0 Å². The van der Waals surface area contributed by atoms with Crippen LogP contribution in [0.3, 0.4) is 0 Å². The zero-order valence-corrected chi connectivity index (χ0v) is 12.6. The molecular formula is C15H14ClN3S. The van der Waals surface area contributed by atoms with Gasteiger partial charge < -0.3 is 10.1 Å². The predicted molar refractivity (Wildman–Crippen MR) is 85.4 cm³/mol. The van der Waals surface area contributed by atoms with Gasteiger partial charge >= 0.3 is 0 Å². The highest BCUT2D eigenvalue weighted by atomic mass is 35.5. The maximum Gasteiger partial charge on any atom is 0.137 e. The van der Waals surface area contributed by atoms with E-state index < -0.39 is 0 Å². The Morgan fingerprint density at radius 2 is 2.10 bits per heavy atom. The summed E-state index contributed by atoms with van der Waals surface area (Å²) < 4.78 is 2.04. The number of nitrogens with two attached hydrogens (primary N) is 1. The van der Waals surface area contributed by atoms with Crippen LogP contribution in [0.1, 0.15) is 11.3 Å². The standard InChI is InChI=1S/C15H14ClN3S/c1-10-5-6-14-18-11(8-19(14)7-10)9-20-15-12(16)3-2-4-13(15)17/h2-8H,9,17H2,1H3. The Morgan fingerprint density at radius 1 is 1.25 bits per heavy atom. The van der Waals surface area contributed by atoms with Crippen molar-refractivity contribution < 1.29 is 0 Å². The van der Waals surface area contributed by atoms with E-state index in [-0.39, 0.29) is 0 Å². The van der Waals surface area contributed by atoms with Crippen LogP contribution < -0.4 is 5.73 Å². The first-order chi connectivity index (χ1) is 9.63. The van der Waals surface area contributed by atoms with Crippen LogP contribution in [0.25, 0.3) is 5.65 Å². The first-order valence-electron chi connectivity index (χ1n) is 6.24. The smallest absolute Gasteiger partial charge is 0.137 e. The summed E-state index contributed by atoms with van der Waals surface area (Å²) in [5.74, 6) is 0.745. The van der Waals surface area contributed by atoms with E-state index in [1.54, 1.807) is 11.8 Å². The number of thioether (sulfide) groups is 1. The molecule has 0 spiro atoms. The molecule has 5 heteroatoms. The fraction of sp³-hybridized carbons (Fsp3) is 0.133. The highest BCUT2D eigenvalue weighted by Crippen LogP contribution is 2.34. The lowest BCUT2D eigenvalue weighted by molar-refractivity contribution is 1.15. The number of fused-ring (bicyclic) bond motifs is 1. The van der Waals surface area contributed by atoms with Crippen molar-refractivity contribution in [2.45, 2.75) is 17.6 Å². The highest BCUT2D eigenvalue weighted by Gasteiger charge is 2.07. The number of imidazole rings is 1. The van der Waals surface area contributed by atoms with Gasteiger partial charge in [0.15, 0.2) is 0 Å². The second kappa shape index (κ2) is 5.38. The first kappa shape index (κ1) is 13.3. The number of halogens is 1. The zero-order chi connectivity index (χ0) is 14.1.